The first-order valence-corrected chi connectivity index (χ1v) is 7.04. The molecule has 0 saturated carbocycles. The van der Waals surface area contributed by atoms with Crippen LogP contribution in [0.2, 0.25) is 0 Å². The van der Waals surface area contributed by atoms with Crippen LogP contribution < -0.4 is 4.90 Å². The van der Waals surface area contributed by atoms with Crippen molar-refractivity contribution in [3.05, 3.63) is 11.1 Å². The van der Waals surface area contributed by atoms with Crippen molar-refractivity contribution in [3.63, 3.8) is 0 Å². The van der Waals surface area contributed by atoms with Gasteiger partial charge in [-0.05, 0) is 11.8 Å². The van der Waals surface area contributed by atoms with E-state index in [0.717, 1.165) is 18.2 Å². The topological polar surface area (TPSA) is 42.4 Å². The normalized spacial score (nSPS) is 11.1. The molecule has 0 aromatic carbocycles. The van der Waals surface area contributed by atoms with Gasteiger partial charge in [-0.1, -0.05) is 39.0 Å². The molecular formula is C13H22N2O2S. The minimum Gasteiger partial charge on any atom is -0.465 e. The summed E-state index contributed by atoms with van der Waals surface area (Å²) in [6.45, 7) is 10.6. The number of carbonyl (C=O) groups excluding carboxylic acids is 1. The van der Waals surface area contributed by atoms with E-state index in [0.29, 0.717) is 16.7 Å². The predicted molar refractivity (Wildman–Crippen MR) is 75.3 cm³/mol. The summed E-state index contributed by atoms with van der Waals surface area (Å²) in [5, 5.41) is 0.901. The van der Waals surface area contributed by atoms with Crippen molar-refractivity contribution in [2.45, 2.75) is 27.7 Å². The summed E-state index contributed by atoms with van der Waals surface area (Å²) < 4.78 is 4.70. The van der Waals surface area contributed by atoms with E-state index in [1.165, 1.54) is 18.4 Å². The highest BCUT2D eigenvalue weighted by Gasteiger charge is 2.17. The molecule has 0 aliphatic carbocycles. The largest absolute Gasteiger partial charge is 0.465 e. The molecule has 0 unspecified atom stereocenters. The number of anilines is 1. The second kappa shape index (κ2) is 6.73. The summed E-state index contributed by atoms with van der Waals surface area (Å²) in [5.41, 5.74) is 0. The fourth-order valence-corrected chi connectivity index (χ4v) is 2.57. The van der Waals surface area contributed by atoms with E-state index in [2.05, 4.69) is 37.6 Å². The fourth-order valence-electron chi connectivity index (χ4n) is 1.72. The van der Waals surface area contributed by atoms with Gasteiger partial charge >= 0.3 is 5.97 Å². The van der Waals surface area contributed by atoms with Crippen molar-refractivity contribution in [2.75, 3.05) is 25.1 Å². The molecular weight excluding hydrogens is 248 g/mol. The van der Waals surface area contributed by atoms with Crippen molar-refractivity contribution in [1.29, 1.82) is 0 Å². The van der Waals surface area contributed by atoms with Crippen LogP contribution in [-0.2, 0) is 4.74 Å². The van der Waals surface area contributed by atoms with Crippen LogP contribution in [0.5, 0.6) is 0 Å². The van der Waals surface area contributed by atoms with Gasteiger partial charge in [0.2, 0.25) is 0 Å². The van der Waals surface area contributed by atoms with E-state index in [9.17, 15) is 4.79 Å². The quantitative estimate of drug-likeness (QED) is 0.745. The first kappa shape index (κ1) is 15.0. The molecule has 0 radical (unpaired) electrons. The molecule has 1 rings (SSSR count). The summed E-state index contributed by atoms with van der Waals surface area (Å²) >= 11 is 1.40. The molecule has 0 atom stereocenters. The van der Waals surface area contributed by atoms with E-state index in [1.807, 2.05) is 0 Å². The Bertz CT molecular complexity index is 378. The Balaban J connectivity index is 2.84. The maximum absolute atomic E-state index is 11.4. The van der Waals surface area contributed by atoms with Crippen LogP contribution in [0.15, 0.2) is 6.20 Å². The number of nitrogens with zero attached hydrogens (tertiary/aromatic N) is 2. The Morgan fingerprint density at radius 1 is 1.33 bits per heavy atom. The van der Waals surface area contributed by atoms with Crippen LogP contribution in [0.3, 0.4) is 0 Å². The highest BCUT2D eigenvalue weighted by atomic mass is 32.1. The maximum Gasteiger partial charge on any atom is 0.349 e. The van der Waals surface area contributed by atoms with Crippen molar-refractivity contribution >= 4 is 22.4 Å². The molecule has 0 fully saturated rings. The number of methoxy groups -OCH3 is 1. The van der Waals surface area contributed by atoms with Crippen LogP contribution in [0.1, 0.15) is 37.4 Å². The zero-order chi connectivity index (χ0) is 13.7. The Labute approximate surface area is 113 Å². The van der Waals surface area contributed by atoms with E-state index >= 15 is 0 Å². The lowest BCUT2D eigenvalue weighted by molar-refractivity contribution is 0.0606. The number of hydrogen-bond donors (Lipinski definition) is 0. The molecule has 4 nitrogen and oxygen atoms in total. The van der Waals surface area contributed by atoms with Crippen LogP contribution in [0.4, 0.5) is 5.13 Å². The van der Waals surface area contributed by atoms with Gasteiger partial charge in [-0.15, -0.1) is 0 Å². The van der Waals surface area contributed by atoms with Crippen molar-refractivity contribution in [1.82, 2.24) is 4.98 Å². The molecule has 0 saturated heterocycles. The molecule has 0 N–H and O–H groups in total. The van der Waals surface area contributed by atoms with Gasteiger partial charge in [0.1, 0.15) is 4.88 Å². The van der Waals surface area contributed by atoms with Crippen molar-refractivity contribution in [2.24, 2.45) is 11.8 Å². The van der Waals surface area contributed by atoms with Gasteiger partial charge in [-0.3, -0.25) is 0 Å². The van der Waals surface area contributed by atoms with Gasteiger partial charge < -0.3 is 9.64 Å². The third-order valence-corrected chi connectivity index (χ3v) is 3.36. The molecule has 0 bridgehead atoms. The molecule has 1 aromatic heterocycles. The van der Waals surface area contributed by atoms with Gasteiger partial charge in [0, 0.05) is 13.1 Å². The zero-order valence-electron chi connectivity index (χ0n) is 11.8. The van der Waals surface area contributed by atoms with E-state index in [4.69, 9.17) is 4.74 Å². The van der Waals surface area contributed by atoms with Gasteiger partial charge in [-0.25, -0.2) is 9.78 Å². The average Bonchev–Trinajstić information content (AvgIpc) is 2.75. The minimum absolute atomic E-state index is 0.312. The summed E-state index contributed by atoms with van der Waals surface area (Å²) in [6.07, 6.45) is 1.60. The number of rotatable bonds is 6. The third kappa shape index (κ3) is 4.29. The summed E-state index contributed by atoms with van der Waals surface area (Å²) in [6, 6.07) is 0. The maximum atomic E-state index is 11.4. The minimum atomic E-state index is -0.312. The average molecular weight is 270 g/mol. The highest BCUT2D eigenvalue weighted by Crippen LogP contribution is 2.24. The van der Waals surface area contributed by atoms with Gasteiger partial charge in [0.15, 0.2) is 5.13 Å². The lowest BCUT2D eigenvalue weighted by Crippen LogP contribution is -2.31. The molecule has 1 heterocycles. The zero-order valence-corrected chi connectivity index (χ0v) is 12.6. The lowest BCUT2D eigenvalue weighted by Gasteiger charge is -2.25. The Kier molecular flexibility index (Phi) is 5.59. The van der Waals surface area contributed by atoms with Gasteiger partial charge in [0.25, 0.3) is 0 Å². The Hall–Kier alpha value is -1.10. The van der Waals surface area contributed by atoms with Crippen LogP contribution in [0.25, 0.3) is 0 Å². The Morgan fingerprint density at radius 3 is 2.33 bits per heavy atom. The van der Waals surface area contributed by atoms with Crippen LogP contribution >= 0.6 is 11.3 Å². The summed E-state index contributed by atoms with van der Waals surface area (Å²) in [5.74, 6) is 0.816. The summed E-state index contributed by atoms with van der Waals surface area (Å²) in [4.78, 5) is 18.6. The number of carbonyl (C=O) groups is 1. The predicted octanol–water partition coefficient (Wildman–Crippen LogP) is 3.05. The first-order valence-electron chi connectivity index (χ1n) is 6.23. The van der Waals surface area contributed by atoms with Crippen LogP contribution in [-0.4, -0.2) is 31.2 Å². The second-order valence-corrected chi connectivity index (χ2v) is 6.20. The number of aromatic nitrogens is 1. The molecule has 5 heteroatoms. The molecule has 102 valence electrons. The Morgan fingerprint density at radius 2 is 1.89 bits per heavy atom. The third-order valence-electron chi connectivity index (χ3n) is 2.32. The number of esters is 1. The molecule has 0 spiro atoms. The first-order chi connectivity index (χ1) is 8.43. The number of thiazole rings is 1. The highest BCUT2D eigenvalue weighted by molar-refractivity contribution is 7.17. The lowest BCUT2D eigenvalue weighted by atomic mass is 10.1. The van der Waals surface area contributed by atoms with Gasteiger partial charge in [-0.2, -0.15) is 0 Å². The van der Waals surface area contributed by atoms with Crippen LogP contribution in [0, 0.1) is 11.8 Å². The number of ether oxygens (including phenoxy) is 1. The van der Waals surface area contributed by atoms with E-state index in [1.54, 1.807) is 6.20 Å². The van der Waals surface area contributed by atoms with E-state index < -0.39 is 0 Å². The molecule has 0 aliphatic heterocycles. The molecule has 0 aliphatic rings. The second-order valence-electron chi connectivity index (χ2n) is 5.19. The fraction of sp³-hybridized carbons (Fsp3) is 0.692. The molecule has 1 aromatic rings. The van der Waals surface area contributed by atoms with E-state index in [-0.39, 0.29) is 5.97 Å². The molecule has 18 heavy (non-hydrogen) atoms. The monoisotopic (exact) mass is 270 g/mol. The molecule has 0 amide bonds. The number of hydrogen-bond acceptors (Lipinski definition) is 5. The van der Waals surface area contributed by atoms with Crippen molar-refractivity contribution in [3.8, 4) is 0 Å². The SMILES string of the molecule is COC(=O)c1cnc(N(CC(C)C)CC(C)C)s1. The standard InChI is InChI=1S/C13H22N2O2S/c1-9(2)7-15(8-10(3)4)13-14-6-11(18-13)12(16)17-5/h6,9-10H,7-8H2,1-5H3. The summed E-state index contributed by atoms with van der Waals surface area (Å²) in [7, 11) is 1.39. The van der Waals surface area contributed by atoms with Crippen molar-refractivity contribution < 1.29 is 9.53 Å². The van der Waals surface area contributed by atoms with Gasteiger partial charge in [0.05, 0.1) is 13.3 Å². The smallest absolute Gasteiger partial charge is 0.349 e.